The monoisotopic (exact) mass is 278 g/mol. The maximum Gasteiger partial charge on any atom is 0.325 e. The molecule has 2 rings (SSSR count). The molecule has 0 saturated heterocycles. The molecule has 0 unspecified atom stereocenters. The van der Waals surface area contributed by atoms with E-state index in [0.29, 0.717) is 23.3 Å². The fourth-order valence-electron chi connectivity index (χ4n) is 1.87. The van der Waals surface area contributed by atoms with Gasteiger partial charge in [0.1, 0.15) is 6.54 Å². The van der Waals surface area contributed by atoms with E-state index in [9.17, 15) is 14.9 Å². The number of aromatic nitrogens is 2. The van der Waals surface area contributed by atoms with Gasteiger partial charge in [0.2, 0.25) is 0 Å². The molecule has 106 valence electrons. The summed E-state index contributed by atoms with van der Waals surface area (Å²) < 4.78 is 4.86. The number of ether oxygens (including phenoxy) is 1. The van der Waals surface area contributed by atoms with E-state index >= 15 is 0 Å². The van der Waals surface area contributed by atoms with Gasteiger partial charge in [0, 0.05) is 19.2 Å². The molecule has 0 aliphatic rings. The number of hydrogen-bond donors (Lipinski definition) is 1. The summed E-state index contributed by atoms with van der Waals surface area (Å²) in [5, 5.41) is 18.2. The molecule has 2 aromatic rings. The van der Waals surface area contributed by atoms with Gasteiger partial charge in [0.15, 0.2) is 5.82 Å². The molecule has 8 heteroatoms. The zero-order valence-corrected chi connectivity index (χ0v) is 11.1. The minimum atomic E-state index is -0.471. The Kier molecular flexibility index (Phi) is 3.83. The number of likely N-dealkylation sites (N-methyl/N-ethyl adjacent to an activating group) is 1. The zero-order valence-electron chi connectivity index (χ0n) is 11.1. The number of nitrogens with one attached hydrogen (secondary N) is 1. The molecule has 0 amide bonds. The van der Waals surface area contributed by atoms with E-state index in [1.165, 1.54) is 12.1 Å². The third-order valence-corrected chi connectivity index (χ3v) is 2.77. The number of rotatable bonds is 5. The van der Waals surface area contributed by atoms with E-state index in [4.69, 9.17) is 4.74 Å². The van der Waals surface area contributed by atoms with E-state index < -0.39 is 4.92 Å². The Bertz CT molecular complexity index is 652. The van der Waals surface area contributed by atoms with Crippen LogP contribution in [0.4, 0.5) is 11.5 Å². The number of esters is 1. The van der Waals surface area contributed by atoms with Gasteiger partial charge < -0.3 is 9.64 Å². The normalized spacial score (nSPS) is 10.5. The van der Waals surface area contributed by atoms with Crippen molar-refractivity contribution >= 4 is 28.4 Å². The van der Waals surface area contributed by atoms with Gasteiger partial charge in [-0.05, 0) is 13.0 Å². The molecule has 20 heavy (non-hydrogen) atoms. The number of nitro benzene ring substituents is 1. The number of H-pyrrole nitrogens is 1. The SMILES string of the molecule is CCOC(=O)CN(C)c1n[nH]c2ccc([N+](=O)[O-])cc12. The highest BCUT2D eigenvalue weighted by atomic mass is 16.6. The predicted octanol–water partition coefficient (Wildman–Crippen LogP) is 1.47. The summed E-state index contributed by atoms with van der Waals surface area (Å²) in [7, 11) is 1.67. The Hall–Kier alpha value is -2.64. The van der Waals surface area contributed by atoms with Crippen LogP contribution in [0.5, 0.6) is 0 Å². The van der Waals surface area contributed by atoms with Crippen molar-refractivity contribution in [2.75, 3.05) is 25.1 Å². The van der Waals surface area contributed by atoms with Crippen molar-refractivity contribution in [3.63, 3.8) is 0 Å². The molecule has 1 aromatic heterocycles. The number of nitrogens with zero attached hydrogens (tertiary/aromatic N) is 3. The molecule has 8 nitrogen and oxygen atoms in total. The van der Waals surface area contributed by atoms with Crippen LogP contribution in [0.1, 0.15) is 6.92 Å². The third-order valence-electron chi connectivity index (χ3n) is 2.77. The van der Waals surface area contributed by atoms with Crippen molar-refractivity contribution in [2.24, 2.45) is 0 Å². The van der Waals surface area contributed by atoms with Gasteiger partial charge >= 0.3 is 5.97 Å². The standard InChI is InChI=1S/C12H14N4O4/c1-3-20-11(17)7-15(2)12-9-6-8(16(18)19)4-5-10(9)13-14-12/h4-6H,3,7H2,1-2H3,(H,13,14). The second kappa shape index (κ2) is 5.55. The maximum absolute atomic E-state index is 11.4. The Balaban J connectivity index is 2.31. The molecule has 0 atom stereocenters. The summed E-state index contributed by atoms with van der Waals surface area (Å²) in [5.41, 5.74) is 0.644. The minimum absolute atomic E-state index is 0.0234. The summed E-state index contributed by atoms with van der Waals surface area (Å²) in [6.45, 7) is 2.06. The van der Waals surface area contributed by atoms with Crippen LogP contribution < -0.4 is 4.90 Å². The Morgan fingerprint density at radius 1 is 1.55 bits per heavy atom. The molecule has 0 aliphatic carbocycles. The second-order valence-electron chi connectivity index (χ2n) is 4.20. The molecular weight excluding hydrogens is 264 g/mol. The van der Waals surface area contributed by atoms with E-state index in [1.807, 2.05) is 0 Å². The molecule has 0 spiro atoms. The number of carbonyl (C=O) groups is 1. The minimum Gasteiger partial charge on any atom is -0.465 e. The summed E-state index contributed by atoms with van der Waals surface area (Å²) in [6.07, 6.45) is 0. The largest absolute Gasteiger partial charge is 0.465 e. The Morgan fingerprint density at radius 3 is 2.95 bits per heavy atom. The number of fused-ring (bicyclic) bond motifs is 1. The zero-order chi connectivity index (χ0) is 14.7. The van der Waals surface area contributed by atoms with E-state index in [-0.39, 0.29) is 18.2 Å². The molecule has 0 aliphatic heterocycles. The molecule has 0 radical (unpaired) electrons. The van der Waals surface area contributed by atoms with Gasteiger partial charge in [-0.1, -0.05) is 0 Å². The molecule has 1 heterocycles. The van der Waals surface area contributed by atoms with E-state index in [0.717, 1.165) is 0 Å². The summed E-state index contributed by atoms with van der Waals surface area (Å²) in [5.74, 6) is 0.0910. The van der Waals surface area contributed by atoms with Crippen molar-refractivity contribution in [1.29, 1.82) is 0 Å². The fourth-order valence-corrected chi connectivity index (χ4v) is 1.87. The van der Waals surface area contributed by atoms with Crippen LogP contribution in [0.3, 0.4) is 0 Å². The van der Waals surface area contributed by atoms with Crippen LogP contribution in [0.2, 0.25) is 0 Å². The lowest BCUT2D eigenvalue weighted by Gasteiger charge is -2.15. The van der Waals surface area contributed by atoms with Crippen molar-refractivity contribution < 1.29 is 14.5 Å². The van der Waals surface area contributed by atoms with Crippen LogP contribution >= 0.6 is 0 Å². The lowest BCUT2D eigenvalue weighted by Crippen LogP contribution is -2.27. The lowest BCUT2D eigenvalue weighted by molar-refractivity contribution is -0.384. The van der Waals surface area contributed by atoms with Crippen LogP contribution in [0.25, 0.3) is 10.9 Å². The Morgan fingerprint density at radius 2 is 2.30 bits per heavy atom. The van der Waals surface area contributed by atoms with Crippen molar-refractivity contribution in [3.8, 4) is 0 Å². The topological polar surface area (TPSA) is 101 Å². The number of non-ortho nitro benzene ring substituents is 1. The maximum atomic E-state index is 11.4. The first kappa shape index (κ1) is 13.8. The number of hydrogen-bond acceptors (Lipinski definition) is 6. The molecule has 0 bridgehead atoms. The Labute approximate surface area is 114 Å². The fraction of sp³-hybridized carbons (Fsp3) is 0.333. The summed E-state index contributed by atoms with van der Waals surface area (Å²) in [6, 6.07) is 4.41. The number of anilines is 1. The van der Waals surface area contributed by atoms with Gasteiger partial charge in [-0.15, -0.1) is 0 Å². The highest BCUT2D eigenvalue weighted by Gasteiger charge is 2.16. The number of aromatic amines is 1. The average Bonchev–Trinajstić information content (AvgIpc) is 2.81. The van der Waals surface area contributed by atoms with Gasteiger partial charge in [0.05, 0.1) is 22.4 Å². The van der Waals surface area contributed by atoms with Crippen LogP contribution in [-0.2, 0) is 9.53 Å². The predicted molar refractivity (Wildman–Crippen MR) is 72.7 cm³/mol. The van der Waals surface area contributed by atoms with E-state index in [1.54, 1.807) is 24.9 Å². The first-order valence-electron chi connectivity index (χ1n) is 6.02. The first-order valence-corrected chi connectivity index (χ1v) is 6.02. The second-order valence-corrected chi connectivity index (χ2v) is 4.20. The number of nitro groups is 1. The first-order chi connectivity index (χ1) is 9.52. The number of benzene rings is 1. The quantitative estimate of drug-likeness (QED) is 0.505. The highest BCUT2D eigenvalue weighted by molar-refractivity contribution is 5.92. The van der Waals surface area contributed by atoms with Crippen molar-refractivity contribution in [1.82, 2.24) is 10.2 Å². The van der Waals surface area contributed by atoms with Crippen LogP contribution in [0, 0.1) is 10.1 Å². The van der Waals surface area contributed by atoms with Gasteiger partial charge in [-0.2, -0.15) is 5.10 Å². The molecule has 0 saturated carbocycles. The van der Waals surface area contributed by atoms with Crippen molar-refractivity contribution in [3.05, 3.63) is 28.3 Å². The van der Waals surface area contributed by atoms with Crippen molar-refractivity contribution in [2.45, 2.75) is 6.92 Å². The smallest absolute Gasteiger partial charge is 0.325 e. The molecule has 1 aromatic carbocycles. The summed E-state index contributed by atoms with van der Waals surface area (Å²) >= 11 is 0. The van der Waals surface area contributed by atoms with Gasteiger partial charge in [-0.25, -0.2) is 0 Å². The highest BCUT2D eigenvalue weighted by Crippen LogP contribution is 2.27. The lowest BCUT2D eigenvalue weighted by atomic mass is 10.2. The van der Waals surface area contributed by atoms with Crippen LogP contribution in [-0.4, -0.2) is 41.3 Å². The summed E-state index contributed by atoms with van der Waals surface area (Å²) in [4.78, 5) is 23.4. The van der Waals surface area contributed by atoms with E-state index in [2.05, 4.69) is 10.2 Å². The van der Waals surface area contributed by atoms with Crippen LogP contribution in [0.15, 0.2) is 18.2 Å². The number of carbonyl (C=O) groups excluding carboxylic acids is 1. The third kappa shape index (κ3) is 2.68. The molecule has 1 N–H and O–H groups in total. The average molecular weight is 278 g/mol. The molecular formula is C12H14N4O4. The van der Waals surface area contributed by atoms with Gasteiger partial charge in [0.25, 0.3) is 5.69 Å². The van der Waals surface area contributed by atoms with Gasteiger partial charge in [-0.3, -0.25) is 20.0 Å². The molecule has 0 fully saturated rings.